The molecule has 1 N–H and O–H groups in total. The molecule has 0 aromatic heterocycles. The smallest absolute Gasteiger partial charge is 0.121 e. The number of halogens is 1. The first-order valence-corrected chi connectivity index (χ1v) is 7.34. The van der Waals surface area contributed by atoms with Gasteiger partial charge in [0.05, 0.1) is 17.8 Å². The standard InChI is InChI=1S/C15H21ClN2O/c1-15(11-3-4-11)10-18(8-7-17-15)14-9-12(19-2)5-6-13(14)16/h5-6,9,11,17H,3-4,7-8,10H2,1-2H3. The van der Waals surface area contributed by atoms with Crippen LogP contribution in [0.1, 0.15) is 19.8 Å². The maximum absolute atomic E-state index is 6.36. The molecule has 2 fully saturated rings. The fourth-order valence-corrected chi connectivity index (χ4v) is 3.31. The Kier molecular flexibility index (Phi) is 3.35. The van der Waals surface area contributed by atoms with Crippen molar-refractivity contribution in [2.75, 3.05) is 31.6 Å². The molecule has 0 spiro atoms. The van der Waals surface area contributed by atoms with E-state index in [1.807, 2.05) is 18.2 Å². The van der Waals surface area contributed by atoms with Crippen molar-refractivity contribution in [1.82, 2.24) is 5.32 Å². The van der Waals surface area contributed by atoms with Crippen LogP contribution in [0.4, 0.5) is 5.69 Å². The molecule has 4 heteroatoms. The lowest BCUT2D eigenvalue weighted by Crippen LogP contribution is -2.60. The summed E-state index contributed by atoms with van der Waals surface area (Å²) in [5.41, 5.74) is 1.32. The Bertz CT molecular complexity index is 475. The summed E-state index contributed by atoms with van der Waals surface area (Å²) in [7, 11) is 1.69. The second-order valence-corrected chi connectivity index (χ2v) is 6.26. The van der Waals surface area contributed by atoms with Crippen molar-refractivity contribution in [2.24, 2.45) is 5.92 Å². The molecule has 19 heavy (non-hydrogen) atoms. The molecule has 1 heterocycles. The summed E-state index contributed by atoms with van der Waals surface area (Å²) >= 11 is 6.36. The first kappa shape index (κ1) is 13.1. The zero-order valence-electron chi connectivity index (χ0n) is 11.6. The number of anilines is 1. The lowest BCUT2D eigenvalue weighted by atomic mass is 9.92. The van der Waals surface area contributed by atoms with Crippen LogP contribution in [0.25, 0.3) is 0 Å². The highest BCUT2D eigenvalue weighted by atomic mass is 35.5. The number of rotatable bonds is 3. The average Bonchev–Trinajstić information content (AvgIpc) is 3.24. The van der Waals surface area contributed by atoms with Crippen LogP contribution >= 0.6 is 11.6 Å². The van der Waals surface area contributed by atoms with Crippen molar-refractivity contribution in [3.8, 4) is 5.75 Å². The van der Waals surface area contributed by atoms with Gasteiger partial charge in [-0.05, 0) is 37.8 Å². The molecule has 1 saturated carbocycles. The van der Waals surface area contributed by atoms with E-state index in [1.54, 1.807) is 7.11 Å². The number of piperazine rings is 1. The summed E-state index contributed by atoms with van der Waals surface area (Å²) in [4.78, 5) is 2.39. The molecule has 104 valence electrons. The average molecular weight is 281 g/mol. The number of methoxy groups -OCH3 is 1. The molecular formula is C15H21ClN2O. The Morgan fingerprint density at radius 3 is 2.89 bits per heavy atom. The van der Waals surface area contributed by atoms with Crippen LogP contribution in [0.2, 0.25) is 5.02 Å². The SMILES string of the molecule is COc1ccc(Cl)c(N2CCNC(C)(C3CC3)C2)c1. The van der Waals surface area contributed by atoms with E-state index in [0.717, 1.165) is 42.0 Å². The summed E-state index contributed by atoms with van der Waals surface area (Å²) in [6, 6.07) is 5.88. The molecule has 1 unspecified atom stereocenters. The molecule has 0 radical (unpaired) electrons. The van der Waals surface area contributed by atoms with E-state index in [4.69, 9.17) is 16.3 Å². The zero-order chi connectivity index (χ0) is 13.5. The molecule has 1 aliphatic carbocycles. The Labute approximate surface area is 119 Å². The fourth-order valence-electron chi connectivity index (χ4n) is 3.07. The van der Waals surface area contributed by atoms with Gasteiger partial charge in [0, 0.05) is 31.2 Å². The zero-order valence-corrected chi connectivity index (χ0v) is 12.3. The van der Waals surface area contributed by atoms with Gasteiger partial charge in [0.1, 0.15) is 5.75 Å². The van der Waals surface area contributed by atoms with Crippen molar-refractivity contribution < 1.29 is 4.74 Å². The van der Waals surface area contributed by atoms with Crippen LogP contribution in [-0.2, 0) is 0 Å². The monoisotopic (exact) mass is 280 g/mol. The summed E-state index contributed by atoms with van der Waals surface area (Å²) in [6.07, 6.45) is 2.70. The number of hydrogen-bond donors (Lipinski definition) is 1. The van der Waals surface area contributed by atoms with Crippen LogP contribution in [0.5, 0.6) is 5.75 Å². The predicted molar refractivity (Wildman–Crippen MR) is 79.3 cm³/mol. The lowest BCUT2D eigenvalue weighted by Gasteiger charge is -2.43. The van der Waals surface area contributed by atoms with E-state index >= 15 is 0 Å². The molecule has 3 rings (SSSR count). The molecule has 1 aliphatic heterocycles. The van der Waals surface area contributed by atoms with Gasteiger partial charge >= 0.3 is 0 Å². The second-order valence-electron chi connectivity index (χ2n) is 5.86. The van der Waals surface area contributed by atoms with Gasteiger partial charge in [-0.1, -0.05) is 11.6 Å². The summed E-state index contributed by atoms with van der Waals surface area (Å²) in [5.74, 6) is 1.69. The topological polar surface area (TPSA) is 24.5 Å². The van der Waals surface area contributed by atoms with E-state index in [0.29, 0.717) is 0 Å². The fraction of sp³-hybridized carbons (Fsp3) is 0.600. The van der Waals surface area contributed by atoms with Gasteiger partial charge in [-0.25, -0.2) is 0 Å². The molecule has 2 aliphatic rings. The first-order valence-electron chi connectivity index (χ1n) is 6.96. The van der Waals surface area contributed by atoms with Crippen molar-refractivity contribution in [2.45, 2.75) is 25.3 Å². The molecule has 1 aromatic rings. The Morgan fingerprint density at radius 2 is 2.21 bits per heavy atom. The van der Waals surface area contributed by atoms with Crippen LogP contribution in [0.3, 0.4) is 0 Å². The van der Waals surface area contributed by atoms with Gasteiger partial charge in [-0.3, -0.25) is 0 Å². The lowest BCUT2D eigenvalue weighted by molar-refractivity contribution is 0.285. The van der Waals surface area contributed by atoms with Gasteiger partial charge in [-0.15, -0.1) is 0 Å². The van der Waals surface area contributed by atoms with Crippen molar-refractivity contribution in [1.29, 1.82) is 0 Å². The van der Waals surface area contributed by atoms with E-state index < -0.39 is 0 Å². The first-order chi connectivity index (χ1) is 9.12. The minimum atomic E-state index is 0.227. The summed E-state index contributed by atoms with van der Waals surface area (Å²) < 4.78 is 5.31. The predicted octanol–water partition coefficient (Wildman–Crippen LogP) is 2.93. The highest BCUT2D eigenvalue weighted by Crippen LogP contribution is 2.42. The van der Waals surface area contributed by atoms with E-state index in [-0.39, 0.29) is 5.54 Å². The largest absolute Gasteiger partial charge is 0.497 e. The number of nitrogens with one attached hydrogen (secondary N) is 1. The van der Waals surface area contributed by atoms with Crippen LogP contribution in [0.15, 0.2) is 18.2 Å². The molecule has 3 nitrogen and oxygen atoms in total. The van der Waals surface area contributed by atoms with Crippen molar-refractivity contribution in [3.63, 3.8) is 0 Å². The molecule has 1 aromatic carbocycles. The number of hydrogen-bond acceptors (Lipinski definition) is 3. The van der Waals surface area contributed by atoms with Gasteiger partial charge in [0.15, 0.2) is 0 Å². The third kappa shape index (κ3) is 2.54. The Hall–Kier alpha value is -0.930. The van der Waals surface area contributed by atoms with E-state index in [9.17, 15) is 0 Å². The minimum absolute atomic E-state index is 0.227. The van der Waals surface area contributed by atoms with Crippen molar-refractivity contribution >= 4 is 17.3 Å². The third-order valence-electron chi connectivity index (χ3n) is 4.40. The molecule has 1 atom stereocenters. The van der Waals surface area contributed by atoms with E-state index in [1.165, 1.54) is 12.8 Å². The van der Waals surface area contributed by atoms with Crippen molar-refractivity contribution in [3.05, 3.63) is 23.2 Å². The number of ether oxygens (including phenoxy) is 1. The Balaban J connectivity index is 1.84. The van der Waals surface area contributed by atoms with E-state index in [2.05, 4.69) is 17.1 Å². The quantitative estimate of drug-likeness (QED) is 0.921. The summed E-state index contributed by atoms with van der Waals surface area (Å²) in [5, 5.41) is 4.50. The number of benzene rings is 1. The summed E-state index contributed by atoms with van der Waals surface area (Å²) in [6.45, 7) is 5.37. The molecular weight excluding hydrogens is 260 g/mol. The van der Waals surface area contributed by atoms with Crippen LogP contribution in [-0.4, -0.2) is 32.3 Å². The normalized spacial score (nSPS) is 27.4. The maximum atomic E-state index is 6.36. The van der Waals surface area contributed by atoms with Crippen LogP contribution < -0.4 is 15.0 Å². The van der Waals surface area contributed by atoms with Gasteiger partial charge in [-0.2, -0.15) is 0 Å². The van der Waals surface area contributed by atoms with Gasteiger partial charge in [0.2, 0.25) is 0 Å². The maximum Gasteiger partial charge on any atom is 0.121 e. The van der Waals surface area contributed by atoms with Crippen LogP contribution in [0, 0.1) is 5.92 Å². The molecule has 0 bridgehead atoms. The van der Waals surface area contributed by atoms with Gasteiger partial charge in [0.25, 0.3) is 0 Å². The Morgan fingerprint density at radius 1 is 1.42 bits per heavy atom. The third-order valence-corrected chi connectivity index (χ3v) is 4.72. The van der Waals surface area contributed by atoms with Gasteiger partial charge < -0.3 is 15.0 Å². The minimum Gasteiger partial charge on any atom is -0.497 e. The second kappa shape index (κ2) is 4.88. The highest BCUT2D eigenvalue weighted by Gasteiger charge is 2.44. The number of nitrogens with zero attached hydrogens (tertiary/aromatic N) is 1. The molecule has 0 amide bonds. The highest BCUT2D eigenvalue weighted by molar-refractivity contribution is 6.33. The molecule has 1 saturated heterocycles.